The van der Waals surface area contributed by atoms with Crippen LogP contribution in [0.15, 0.2) is 21.9 Å². The van der Waals surface area contributed by atoms with Crippen LogP contribution in [0, 0.1) is 0 Å². The lowest BCUT2D eigenvalue weighted by Gasteiger charge is -2.12. The summed E-state index contributed by atoms with van der Waals surface area (Å²) in [5.74, 6) is 0.342. The molecule has 0 aliphatic carbocycles. The van der Waals surface area contributed by atoms with Crippen molar-refractivity contribution in [3.8, 4) is 0 Å². The van der Waals surface area contributed by atoms with Crippen molar-refractivity contribution in [3.05, 3.63) is 33.1 Å². The zero-order valence-corrected chi connectivity index (χ0v) is 12.2. The van der Waals surface area contributed by atoms with Crippen LogP contribution in [0.3, 0.4) is 0 Å². The maximum absolute atomic E-state index is 12.0. The summed E-state index contributed by atoms with van der Waals surface area (Å²) in [6, 6.07) is 1.29. The summed E-state index contributed by atoms with van der Waals surface area (Å²) in [6.07, 6.45) is 2.07. The van der Waals surface area contributed by atoms with Crippen LogP contribution in [-0.4, -0.2) is 41.6 Å². The molecule has 1 saturated heterocycles. The van der Waals surface area contributed by atoms with Crippen LogP contribution in [0.5, 0.6) is 0 Å². The molecule has 0 radical (unpaired) electrons. The summed E-state index contributed by atoms with van der Waals surface area (Å²) in [5.41, 5.74) is -0.665. The largest absolute Gasteiger partial charge is 0.330 e. The number of rotatable bonds is 5. The number of hydrogen-bond donors (Lipinski definition) is 1. The first-order valence-electron chi connectivity index (χ1n) is 6.67. The second-order valence-corrected chi connectivity index (χ2v) is 7.16. The lowest BCUT2D eigenvalue weighted by atomic mass is 10.2. The molecule has 20 heavy (non-hydrogen) atoms. The summed E-state index contributed by atoms with van der Waals surface area (Å²) in [5, 5.41) is 3.09. The molecule has 0 amide bonds. The Morgan fingerprint density at radius 2 is 2.15 bits per heavy atom. The summed E-state index contributed by atoms with van der Waals surface area (Å²) in [6.45, 7) is 2.99. The molecule has 7 nitrogen and oxygen atoms in total. The summed E-state index contributed by atoms with van der Waals surface area (Å²) in [4.78, 5) is 23.6. The molecular weight excluding hydrogens is 282 g/mol. The maximum atomic E-state index is 12.0. The lowest BCUT2D eigenvalue weighted by molar-refractivity contribution is 0.491. The van der Waals surface area contributed by atoms with Gasteiger partial charge in [-0.1, -0.05) is 0 Å². The molecule has 1 fully saturated rings. The molecule has 1 N–H and O–H groups in total. The van der Waals surface area contributed by atoms with Gasteiger partial charge in [0.2, 0.25) is 0 Å². The summed E-state index contributed by atoms with van der Waals surface area (Å²) < 4.78 is 25.3. The van der Waals surface area contributed by atoms with Gasteiger partial charge in [0.1, 0.15) is 0 Å². The molecule has 1 aliphatic rings. The van der Waals surface area contributed by atoms with Crippen LogP contribution in [0.1, 0.15) is 13.3 Å². The van der Waals surface area contributed by atoms with E-state index in [-0.39, 0.29) is 35.3 Å². The van der Waals surface area contributed by atoms with Crippen molar-refractivity contribution in [1.82, 2.24) is 14.5 Å². The molecule has 8 heteroatoms. The fourth-order valence-electron chi connectivity index (χ4n) is 2.34. The van der Waals surface area contributed by atoms with Gasteiger partial charge in [-0.3, -0.25) is 9.36 Å². The molecule has 2 heterocycles. The predicted octanol–water partition coefficient (Wildman–Crippen LogP) is -1.19. The maximum Gasteiger partial charge on any atom is 0.330 e. The standard InChI is InChI=1S/C12H19N3O4S/c1-2-14-6-3-11(16)15(12(14)17)7-5-13-10-4-8-20(18,19)9-10/h3,6,10,13H,2,4-5,7-9H2,1H3. The first kappa shape index (κ1) is 15.0. The first-order valence-corrected chi connectivity index (χ1v) is 8.49. The molecule has 0 bridgehead atoms. The zero-order valence-electron chi connectivity index (χ0n) is 11.4. The van der Waals surface area contributed by atoms with Crippen LogP contribution in [-0.2, 0) is 22.9 Å². The van der Waals surface area contributed by atoms with Crippen molar-refractivity contribution >= 4 is 9.84 Å². The van der Waals surface area contributed by atoms with E-state index in [1.54, 1.807) is 0 Å². The van der Waals surface area contributed by atoms with Crippen molar-refractivity contribution in [2.45, 2.75) is 32.5 Å². The van der Waals surface area contributed by atoms with E-state index in [0.29, 0.717) is 19.5 Å². The van der Waals surface area contributed by atoms with Gasteiger partial charge in [0.05, 0.1) is 11.5 Å². The van der Waals surface area contributed by atoms with Gasteiger partial charge in [-0.15, -0.1) is 0 Å². The minimum atomic E-state index is -2.91. The fraction of sp³-hybridized carbons (Fsp3) is 0.667. The van der Waals surface area contributed by atoms with Crippen LogP contribution in [0.4, 0.5) is 0 Å². The normalized spacial score (nSPS) is 21.1. The molecular formula is C12H19N3O4S. The molecule has 1 unspecified atom stereocenters. The number of nitrogens with one attached hydrogen (secondary N) is 1. The number of hydrogen-bond acceptors (Lipinski definition) is 5. The summed E-state index contributed by atoms with van der Waals surface area (Å²) >= 11 is 0. The van der Waals surface area contributed by atoms with Crippen molar-refractivity contribution in [3.63, 3.8) is 0 Å². The van der Waals surface area contributed by atoms with Crippen molar-refractivity contribution in [2.24, 2.45) is 0 Å². The zero-order chi connectivity index (χ0) is 14.8. The van der Waals surface area contributed by atoms with Crippen molar-refractivity contribution in [1.29, 1.82) is 0 Å². The topological polar surface area (TPSA) is 90.2 Å². The van der Waals surface area contributed by atoms with Gasteiger partial charge in [-0.2, -0.15) is 0 Å². The van der Waals surface area contributed by atoms with E-state index in [2.05, 4.69) is 5.32 Å². The highest BCUT2D eigenvalue weighted by Crippen LogP contribution is 2.10. The Morgan fingerprint density at radius 3 is 2.75 bits per heavy atom. The van der Waals surface area contributed by atoms with Gasteiger partial charge in [0, 0.05) is 37.9 Å². The minimum Gasteiger partial charge on any atom is -0.311 e. The Hall–Kier alpha value is -1.41. The van der Waals surface area contributed by atoms with E-state index in [4.69, 9.17) is 0 Å². The smallest absolute Gasteiger partial charge is 0.311 e. The molecule has 0 aromatic carbocycles. The molecule has 1 aromatic rings. The minimum absolute atomic E-state index is 0.0761. The van der Waals surface area contributed by atoms with E-state index < -0.39 is 9.84 Å². The molecule has 0 saturated carbocycles. The van der Waals surface area contributed by atoms with Crippen LogP contribution in [0.2, 0.25) is 0 Å². The Balaban J connectivity index is 1.98. The van der Waals surface area contributed by atoms with Gasteiger partial charge in [0.25, 0.3) is 5.56 Å². The molecule has 1 aliphatic heterocycles. The number of aromatic nitrogens is 2. The van der Waals surface area contributed by atoms with Gasteiger partial charge in [-0.05, 0) is 13.3 Å². The first-order chi connectivity index (χ1) is 9.43. The number of aryl methyl sites for hydroxylation is 1. The van der Waals surface area contributed by atoms with E-state index in [0.717, 1.165) is 0 Å². The lowest BCUT2D eigenvalue weighted by Crippen LogP contribution is -2.42. The molecule has 2 rings (SSSR count). The second kappa shape index (κ2) is 5.92. The predicted molar refractivity (Wildman–Crippen MR) is 75.7 cm³/mol. The average Bonchev–Trinajstić information content (AvgIpc) is 2.73. The second-order valence-electron chi connectivity index (χ2n) is 4.93. The fourth-order valence-corrected chi connectivity index (χ4v) is 4.05. The Labute approximate surface area is 117 Å². The summed E-state index contributed by atoms with van der Waals surface area (Å²) in [7, 11) is -2.91. The van der Waals surface area contributed by atoms with Gasteiger partial charge < -0.3 is 9.88 Å². The molecule has 1 aromatic heterocycles. The average molecular weight is 301 g/mol. The van der Waals surface area contributed by atoms with Crippen molar-refractivity contribution in [2.75, 3.05) is 18.1 Å². The van der Waals surface area contributed by atoms with Gasteiger partial charge in [0.15, 0.2) is 9.84 Å². The van der Waals surface area contributed by atoms with E-state index in [9.17, 15) is 18.0 Å². The van der Waals surface area contributed by atoms with Crippen LogP contribution in [0.25, 0.3) is 0 Å². The van der Waals surface area contributed by atoms with Gasteiger partial charge >= 0.3 is 5.69 Å². The van der Waals surface area contributed by atoms with Crippen LogP contribution < -0.4 is 16.6 Å². The quantitative estimate of drug-likeness (QED) is 0.738. The highest BCUT2D eigenvalue weighted by Gasteiger charge is 2.27. The molecule has 1 atom stereocenters. The third kappa shape index (κ3) is 3.37. The van der Waals surface area contributed by atoms with E-state index in [1.807, 2.05) is 6.92 Å². The Bertz CT molecular complexity index is 689. The SMILES string of the molecule is CCn1ccc(=O)n(CCNC2CCS(=O)(=O)C2)c1=O. The Kier molecular flexibility index (Phi) is 4.44. The van der Waals surface area contributed by atoms with Gasteiger partial charge in [-0.25, -0.2) is 13.2 Å². The van der Waals surface area contributed by atoms with Crippen molar-refractivity contribution < 1.29 is 8.42 Å². The number of nitrogens with zero attached hydrogens (tertiary/aromatic N) is 2. The van der Waals surface area contributed by atoms with E-state index >= 15 is 0 Å². The Morgan fingerprint density at radius 1 is 1.40 bits per heavy atom. The van der Waals surface area contributed by atoms with Crippen LogP contribution >= 0.6 is 0 Å². The highest BCUT2D eigenvalue weighted by molar-refractivity contribution is 7.91. The van der Waals surface area contributed by atoms with E-state index in [1.165, 1.54) is 21.4 Å². The molecule has 112 valence electrons. The third-order valence-corrected chi connectivity index (χ3v) is 5.25. The third-order valence-electron chi connectivity index (χ3n) is 3.48. The molecule has 0 spiro atoms. The monoisotopic (exact) mass is 301 g/mol. The number of sulfone groups is 1. The highest BCUT2D eigenvalue weighted by atomic mass is 32.2.